The van der Waals surface area contributed by atoms with Crippen molar-refractivity contribution in [3.8, 4) is 22.8 Å². The normalized spacial score (nSPS) is 15.0. The summed E-state index contributed by atoms with van der Waals surface area (Å²) < 4.78 is 6.06. The van der Waals surface area contributed by atoms with Gasteiger partial charge in [-0.25, -0.2) is 9.97 Å². The Morgan fingerprint density at radius 2 is 1.33 bits per heavy atom. The fourth-order valence-electron chi connectivity index (χ4n) is 3.76. The Morgan fingerprint density at radius 1 is 0.778 bits per heavy atom. The van der Waals surface area contributed by atoms with Crippen LogP contribution in [0.1, 0.15) is 11.1 Å². The topological polar surface area (TPSA) is 156 Å². The third-order valence-electron chi connectivity index (χ3n) is 5.99. The molecule has 36 heavy (non-hydrogen) atoms. The molecule has 5 N–H and O–H groups in total. The molecule has 190 valence electrons. The number of hydrogen-bond donors (Lipinski definition) is 5. The number of aryl methyl sites for hydroxylation is 2. The molecule has 4 rings (SSSR count). The number of aromatic nitrogens is 3. The molecule has 0 fully saturated rings. The van der Waals surface area contributed by atoms with Crippen molar-refractivity contribution >= 4 is 17.0 Å². The molecule has 4 aromatic rings. The third-order valence-corrected chi connectivity index (χ3v) is 5.99. The lowest BCUT2D eigenvalue weighted by Gasteiger charge is -2.29. The van der Waals surface area contributed by atoms with Crippen LogP contribution in [-0.4, -0.2) is 85.1 Å². The molecule has 0 radical (unpaired) electrons. The highest BCUT2D eigenvalue weighted by Gasteiger charge is 2.31. The van der Waals surface area contributed by atoms with E-state index in [9.17, 15) is 20.4 Å². The van der Waals surface area contributed by atoms with Gasteiger partial charge in [0.05, 0.1) is 12.7 Å². The van der Waals surface area contributed by atoms with E-state index >= 15 is 0 Å². The first-order chi connectivity index (χ1) is 17.2. The van der Waals surface area contributed by atoms with Crippen LogP contribution in [-0.2, 0) is 0 Å². The van der Waals surface area contributed by atoms with Gasteiger partial charge in [-0.1, -0.05) is 47.5 Å². The summed E-state index contributed by atoms with van der Waals surface area (Å²) in [4.78, 5) is 15.4. The minimum atomic E-state index is -1.73. The van der Waals surface area contributed by atoms with Crippen LogP contribution in [0.3, 0.4) is 0 Å². The first-order valence-corrected chi connectivity index (χ1v) is 11.5. The Morgan fingerprint density at radius 3 is 1.92 bits per heavy atom. The van der Waals surface area contributed by atoms with Crippen molar-refractivity contribution in [3.63, 3.8) is 0 Å². The third kappa shape index (κ3) is 5.38. The summed E-state index contributed by atoms with van der Waals surface area (Å²) >= 11 is 0. The number of hydrogen-bond acceptors (Lipinski definition) is 10. The van der Waals surface area contributed by atoms with Crippen LogP contribution >= 0.6 is 0 Å². The van der Waals surface area contributed by atoms with Crippen molar-refractivity contribution in [3.05, 3.63) is 59.7 Å². The van der Waals surface area contributed by atoms with Crippen LogP contribution in [0.4, 0.5) is 5.82 Å². The number of rotatable bonds is 9. The number of aliphatic hydroxyl groups is 5. The van der Waals surface area contributed by atoms with E-state index in [1.54, 1.807) is 11.9 Å². The Hall–Kier alpha value is -3.41. The van der Waals surface area contributed by atoms with Gasteiger partial charge >= 0.3 is 0 Å². The van der Waals surface area contributed by atoms with Gasteiger partial charge < -0.3 is 34.8 Å². The van der Waals surface area contributed by atoms with E-state index in [1.165, 1.54) is 0 Å². The molecule has 4 unspecified atom stereocenters. The fraction of sp³-hybridized carbons (Fsp3) is 0.346. The molecule has 10 nitrogen and oxygen atoms in total. The van der Waals surface area contributed by atoms with E-state index in [0.717, 1.165) is 22.3 Å². The van der Waals surface area contributed by atoms with Crippen molar-refractivity contribution in [1.29, 1.82) is 0 Å². The van der Waals surface area contributed by atoms with Gasteiger partial charge in [-0.05, 0) is 26.0 Å². The number of aliphatic hydroxyl groups excluding tert-OH is 5. The van der Waals surface area contributed by atoms with Gasteiger partial charge in [0, 0.05) is 24.7 Å². The van der Waals surface area contributed by atoms with Crippen LogP contribution in [0.5, 0.6) is 0 Å². The van der Waals surface area contributed by atoms with E-state index in [1.807, 2.05) is 62.4 Å². The van der Waals surface area contributed by atoms with Crippen LogP contribution in [0, 0.1) is 13.8 Å². The molecule has 10 heteroatoms. The summed E-state index contributed by atoms with van der Waals surface area (Å²) in [6.45, 7) is 3.04. The molecule has 2 heterocycles. The molecular weight excluding hydrogens is 464 g/mol. The minimum Gasteiger partial charge on any atom is -0.430 e. The van der Waals surface area contributed by atoms with Gasteiger partial charge in [-0.3, -0.25) is 0 Å². The Labute approximate surface area is 208 Å². The fourth-order valence-corrected chi connectivity index (χ4v) is 3.76. The molecule has 0 amide bonds. The Bertz CT molecular complexity index is 1310. The number of nitrogens with zero attached hydrogens (tertiary/aromatic N) is 4. The summed E-state index contributed by atoms with van der Waals surface area (Å²) in [7, 11) is 1.64. The molecule has 0 saturated carbocycles. The van der Waals surface area contributed by atoms with Gasteiger partial charge in [-0.15, -0.1) is 0 Å². The van der Waals surface area contributed by atoms with E-state index in [2.05, 4.69) is 15.0 Å². The maximum atomic E-state index is 10.5. The highest BCUT2D eigenvalue weighted by molar-refractivity contribution is 5.85. The maximum absolute atomic E-state index is 10.5. The summed E-state index contributed by atoms with van der Waals surface area (Å²) in [5, 5.41) is 49.4. The summed E-state index contributed by atoms with van der Waals surface area (Å²) in [5.41, 5.74) is 4.32. The van der Waals surface area contributed by atoms with Gasteiger partial charge in [-0.2, -0.15) is 4.98 Å². The van der Waals surface area contributed by atoms with Crippen LogP contribution in [0.2, 0.25) is 0 Å². The van der Waals surface area contributed by atoms with Gasteiger partial charge in [0.15, 0.2) is 11.6 Å². The molecule has 0 bridgehead atoms. The summed E-state index contributed by atoms with van der Waals surface area (Å²) in [5.74, 6) is 1.08. The lowest BCUT2D eigenvalue weighted by molar-refractivity contribution is -0.112. The smallest absolute Gasteiger partial charge is 0.229 e. The monoisotopic (exact) mass is 494 g/mol. The summed E-state index contributed by atoms with van der Waals surface area (Å²) in [6.07, 6.45) is -6.50. The second-order valence-electron chi connectivity index (χ2n) is 8.95. The molecular formula is C26H30N4O6. The second kappa shape index (κ2) is 10.7. The Kier molecular flexibility index (Phi) is 7.62. The molecule has 2 aromatic heterocycles. The first-order valence-electron chi connectivity index (χ1n) is 11.5. The number of fused-ring (bicyclic) bond motifs is 1. The predicted octanol–water partition coefficient (Wildman–Crippen LogP) is 1.44. The van der Waals surface area contributed by atoms with Crippen molar-refractivity contribution in [2.75, 3.05) is 25.1 Å². The quantitative estimate of drug-likeness (QED) is 0.231. The second-order valence-corrected chi connectivity index (χ2v) is 8.95. The average molecular weight is 495 g/mol. The lowest BCUT2D eigenvalue weighted by Crippen LogP contribution is -2.49. The van der Waals surface area contributed by atoms with Crippen LogP contribution in [0.25, 0.3) is 34.1 Å². The van der Waals surface area contributed by atoms with Gasteiger partial charge in [0.25, 0.3) is 0 Å². The van der Waals surface area contributed by atoms with E-state index in [4.69, 9.17) is 9.52 Å². The number of benzene rings is 2. The number of anilines is 1. The predicted molar refractivity (Wildman–Crippen MR) is 134 cm³/mol. The molecule has 0 spiro atoms. The number of oxazole rings is 1. The largest absolute Gasteiger partial charge is 0.430 e. The lowest BCUT2D eigenvalue weighted by atomic mass is 10.0. The minimum absolute atomic E-state index is 0.170. The molecule has 0 aliphatic carbocycles. The molecule has 0 saturated heterocycles. The van der Waals surface area contributed by atoms with E-state index in [-0.39, 0.29) is 6.54 Å². The van der Waals surface area contributed by atoms with Crippen LogP contribution in [0.15, 0.2) is 52.9 Å². The van der Waals surface area contributed by atoms with E-state index < -0.39 is 31.0 Å². The van der Waals surface area contributed by atoms with Crippen molar-refractivity contribution in [1.82, 2.24) is 15.0 Å². The zero-order chi connectivity index (χ0) is 26.0. The molecule has 2 aromatic carbocycles. The average Bonchev–Trinajstić information content (AvgIpc) is 3.31. The van der Waals surface area contributed by atoms with Crippen molar-refractivity contribution < 1.29 is 29.9 Å². The highest BCUT2D eigenvalue weighted by atomic mass is 16.4. The van der Waals surface area contributed by atoms with Gasteiger partial charge in [0.1, 0.15) is 18.3 Å². The van der Waals surface area contributed by atoms with Crippen molar-refractivity contribution in [2.45, 2.75) is 38.3 Å². The maximum Gasteiger partial charge on any atom is 0.229 e. The Balaban J connectivity index is 1.74. The highest BCUT2D eigenvalue weighted by Crippen LogP contribution is 2.31. The molecule has 4 atom stereocenters. The molecule has 0 aliphatic rings. The first kappa shape index (κ1) is 25.7. The SMILES string of the molecule is Cc1ccc(-c2nc(N(C)CC(O)C(O)C(O)C(O)CO)c3oc(-c4ccc(C)cc4)nc3n2)cc1. The zero-order valence-electron chi connectivity index (χ0n) is 20.3. The zero-order valence-corrected chi connectivity index (χ0v) is 20.3. The standard InChI is InChI=1S/C26H30N4O6/c1-14-4-8-16(9-5-14)23-27-24-22(36-26(29-24)17-10-6-15(2)7-11-17)25(28-23)30(3)12-18(32)20(34)21(35)19(33)13-31/h4-11,18-21,31-35H,12-13H2,1-3H3. The van der Waals surface area contributed by atoms with Crippen LogP contribution < -0.4 is 4.90 Å². The van der Waals surface area contributed by atoms with Gasteiger partial charge in [0.2, 0.25) is 17.1 Å². The van der Waals surface area contributed by atoms with E-state index in [0.29, 0.717) is 28.8 Å². The molecule has 0 aliphatic heterocycles. The summed E-state index contributed by atoms with van der Waals surface area (Å²) in [6, 6.07) is 15.4. The number of likely N-dealkylation sites (N-methyl/N-ethyl adjacent to an activating group) is 1. The van der Waals surface area contributed by atoms with Crippen molar-refractivity contribution in [2.24, 2.45) is 0 Å².